The van der Waals surface area contributed by atoms with Crippen LogP contribution in [0.1, 0.15) is 66.9 Å². The van der Waals surface area contributed by atoms with Crippen LogP contribution in [0.3, 0.4) is 0 Å². The first-order valence-corrected chi connectivity index (χ1v) is 8.97. The highest BCUT2D eigenvalue weighted by Gasteiger charge is 2.26. The third-order valence-electron chi connectivity index (χ3n) is 4.74. The van der Waals surface area contributed by atoms with Crippen molar-refractivity contribution in [3.8, 4) is 0 Å². The maximum Gasteiger partial charge on any atom is 0.273 e. The smallest absolute Gasteiger partial charge is 0.273 e. The van der Waals surface area contributed by atoms with Crippen molar-refractivity contribution in [1.29, 1.82) is 0 Å². The van der Waals surface area contributed by atoms with Crippen LogP contribution in [0.25, 0.3) is 0 Å². The van der Waals surface area contributed by atoms with Crippen LogP contribution in [0.2, 0.25) is 0 Å². The number of benzene rings is 1. The van der Waals surface area contributed by atoms with Crippen LogP contribution >= 0.6 is 0 Å². The Hall–Kier alpha value is -2.14. The highest BCUT2D eigenvalue weighted by atomic mass is 16.3. The van der Waals surface area contributed by atoms with Gasteiger partial charge in [0.2, 0.25) is 0 Å². The van der Waals surface area contributed by atoms with Gasteiger partial charge >= 0.3 is 0 Å². The largest absolute Gasteiger partial charge is 0.447 e. The molecule has 2 aromatic rings. The fourth-order valence-electron chi connectivity index (χ4n) is 3.46. The average molecular weight is 341 g/mol. The molecule has 3 rings (SSSR count). The summed E-state index contributed by atoms with van der Waals surface area (Å²) in [6.07, 6.45) is 3.49. The van der Waals surface area contributed by atoms with Crippen LogP contribution < -0.4 is 10.6 Å². The first-order chi connectivity index (χ1) is 12.0. The van der Waals surface area contributed by atoms with Gasteiger partial charge in [0.1, 0.15) is 5.76 Å². The fraction of sp³-hybridized carbons (Fsp3) is 0.500. The molecule has 1 amide bonds. The van der Waals surface area contributed by atoms with Gasteiger partial charge in [-0.2, -0.15) is 0 Å². The van der Waals surface area contributed by atoms with E-state index in [-0.39, 0.29) is 17.2 Å². The summed E-state index contributed by atoms with van der Waals surface area (Å²) in [5, 5.41) is 6.36. The summed E-state index contributed by atoms with van der Waals surface area (Å²) < 4.78 is 5.54. The van der Waals surface area contributed by atoms with E-state index in [4.69, 9.17) is 4.42 Å². The second-order valence-electron chi connectivity index (χ2n) is 7.70. The highest BCUT2D eigenvalue weighted by molar-refractivity contribution is 5.93. The molecule has 2 N–H and O–H groups in total. The monoisotopic (exact) mass is 341 g/mol. The normalized spacial score (nSPS) is 18.1. The molecule has 0 radical (unpaired) electrons. The van der Waals surface area contributed by atoms with Crippen LogP contribution in [0, 0.1) is 0 Å². The second-order valence-corrected chi connectivity index (χ2v) is 7.70. The van der Waals surface area contributed by atoms with E-state index in [1.807, 2.05) is 12.1 Å². The Labute approximate surface area is 149 Å². The second kappa shape index (κ2) is 7.40. The molecule has 0 spiro atoms. The molecular formula is C20H27N3O2. The molecule has 1 fully saturated rings. The number of oxazole rings is 1. The Kier molecular flexibility index (Phi) is 5.23. The molecule has 0 aliphatic carbocycles. The number of rotatable bonds is 4. The zero-order valence-corrected chi connectivity index (χ0v) is 15.3. The third kappa shape index (κ3) is 4.10. The van der Waals surface area contributed by atoms with Crippen molar-refractivity contribution >= 4 is 5.91 Å². The van der Waals surface area contributed by atoms with E-state index in [1.165, 1.54) is 12.0 Å². The summed E-state index contributed by atoms with van der Waals surface area (Å²) in [5.41, 5.74) is 2.83. The van der Waals surface area contributed by atoms with Crippen LogP contribution in [0.4, 0.5) is 0 Å². The predicted octanol–water partition coefficient (Wildman–Crippen LogP) is 3.37. The highest BCUT2D eigenvalue weighted by Crippen LogP contribution is 2.27. The lowest BCUT2D eigenvalue weighted by molar-refractivity contribution is 0.0943. The number of carbonyl (C=O) groups is 1. The van der Waals surface area contributed by atoms with Gasteiger partial charge in [-0.25, -0.2) is 4.98 Å². The zero-order chi connectivity index (χ0) is 17.9. The Balaban J connectivity index is 1.71. The number of nitrogens with one attached hydrogen (secondary N) is 2. The molecule has 5 nitrogen and oxygen atoms in total. The molecule has 1 aromatic heterocycles. The van der Waals surface area contributed by atoms with Crippen molar-refractivity contribution in [2.75, 3.05) is 13.1 Å². The first kappa shape index (κ1) is 17.7. The number of amides is 1. The molecule has 25 heavy (non-hydrogen) atoms. The van der Waals surface area contributed by atoms with Crippen molar-refractivity contribution in [1.82, 2.24) is 15.6 Å². The third-order valence-corrected chi connectivity index (χ3v) is 4.74. The van der Waals surface area contributed by atoms with E-state index in [0.29, 0.717) is 18.0 Å². The van der Waals surface area contributed by atoms with Crippen LogP contribution in [-0.4, -0.2) is 24.0 Å². The van der Waals surface area contributed by atoms with Crippen LogP contribution in [0.15, 0.2) is 35.1 Å². The van der Waals surface area contributed by atoms with Gasteiger partial charge < -0.3 is 15.1 Å². The lowest BCUT2D eigenvalue weighted by atomic mass is 9.84. The van der Waals surface area contributed by atoms with E-state index < -0.39 is 0 Å². The topological polar surface area (TPSA) is 67.2 Å². The van der Waals surface area contributed by atoms with Gasteiger partial charge in [-0.05, 0) is 35.9 Å². The molecule has 5 heteroatoms. The predicted molar refractivity (Wildman–Crippen MR) is 97.7 cm³/mol. The van der Waals surface area contributed by atoms with E-state index in [9.17, 15) is 4.79 Å². The number of nitrogens with zero attached hydrogens (tertiary/aromatic N) is 1. The number of carbonyl (C=O) groups excluding carboxylic acids is 1. The van der Waals surface area contributed by atoms with Gasteiger partial charge in [0.15, 0.2) is 12.1 Å². The minimum Gasteiger partial charge on any atom is -0.447 e. The first-order valence-electron chi connectivity index (χ1n) is 8.97. The molecule has 1 aromatic carbocycles. The molecule has 134 valence electrons. The minimum absolute atomic E-state index is 0.0359. The quantitative estimate of drug-likeness (QED) is 0.895. The van der Waals surface area contributed by atoms with E-state index in [2.05, 4.69) is 48.5 Å². The summed E-state index contributed by atoms with van der Waals surface area (Å²) in [4.78, 5) is 16.8. The van der Waals surface area contributed by atoms with Gasteiger partial charge in [0.25, 0.3) is 5.91 Å². The summed E-state index contributed by atoms with van der Waals surface area (Å²) in [7, 11) is 0. The Morgan fingerprint density at radius 2 is 2.16 bits per heavy atom. The van der Waals surface area contributed by atoms with Gasteiger partial charge in [0.05, 0.1) is 0 Å². The van der Waals surface area contributed by atoms with Gasteiger partial charge in [-0.1, -0.05) is 45.0 Å². The SMILES string of the molecule is CC(C)(C)c1ccccc1CNC(=O)c1ncoc1C1CCCNC1. The molecular weight excluding hydrogens is 314 g/mol. The van der Waals surface area contributed by atoms with Crippen molar-refractivity contribution in [3.63, 3.8) is 0 Å². The number of aromatic nitrogens is 1. The number of hydrogen-bond acceptors (Lipinski definition) is 4. The molecule has 0 bridgehead atoms. The standard InChI is InChI=1S/C20H27N3O2/c1-20(2,3)16-9-5-4-7-14(16)12-22-19(24)17-18(25-13-23-17)15-8-6-10-21-11-15/h4-5,7,9,13,15,21H,6,8,10-12H2,1-3H3,(H,22,24). The van der Waals surface area contributed by atoms with E-state index in [1.54, 1.807) is 0 Å². The molecule has 1 aliphatic rings. The molecule has 1 aliphatic heterocycles. The van der Waals surface area contributed by atoms with Crippen molar-refractivity contribution in [3.05, 3.63) is 53.2 Å². The Morgan fingerprint density at radius 1 is 1.36 bits per heavy atom. The van der Waals surface area contributed by atoms with Crippen LogP contribution in [-0.2, 0) is 12.0 Å². The molecule has 1 unspecified atom stereocenters. The number of hydrogen-bond donors (Lipinski definition) is 2. The molecule has 0 saturated carbocycles. The Bertz CT molecular complexity index is 725. The van der Waals surface area contributed by atoms with Crippen molar-refractivity contribution in [2.24, 2.45) is 0 Å². The van der Waals surface area contributed by atoms with Crippen molar-refractivity contribution < 1.29 is 9.21 Å². The lowest BCUT2D eigenvalue weighted by Crippen LogP contribution is -2.31. The summed E-state index contributed by atoms with van der Waals surface area (Å²) in [5.74, 6) is 0.755. The maximum atomic E-state index is 12.6. The molecule has 1 atom stereocenters. The van der Waals surface area contributed by atoms with Gasteiger partial charge in [-0.15, -0.1) is 0 Å². The zero-order valence-electron chi connectivity index (χ0n) is 15.3. The Morgan fingerprint density at radius 3 is 2.88 bits per heavy atom. The van der Waals surface area contributed by atoms with E-state index >= 15 is 0 Å². The molecule has 1 saturated heterocycles. The number of piperidine rings is 1. The van der Waals surface area contributed by atoms with Crippen molar-refractivity contribution in [2.45, 2.75) is 51.5 Å². The summed E-state index contributed by atoms with van der Waals surface area (Å²) in [6, 6.07) is 8.23. The fourth-order valence-corrected chi connectivity index (χ4v) is 3.46. The summed E-state index contributed by atoms with van der Waals surface area (Å²) in [6.45, 7) is 8.89. The van der Waals surface area contributed by atoms with Gasteiger partial charge in [-0.3, -0.25) is 4.79 Å². The van der Waals surface area contributed by atoms with E-state index in [0.717, 1.165) is 31.5 Å². The van der Waals surface area contributed by atoms with Gasteiger partial charge in [0, 0.05) is 19.0 Å². The minimum atomic E-state index is -0.168. The average Bonchev–Trinajstić information content (AvgIpc) is 3.10. The van der Waals surface area contributed by atoms with Crippen LogP contribution in [0.5, 0.6) is 0 Å². The lowest BCUT2D eigenvalue weighted by Gasteiger charge is -2.23. The summed E-state index contributed by atoms with van der Waals surface area (Å²) >= 11 is 0. The maximum absolute atomic E-state index is 12.6. The molecule has 2 heterocycles.